The molecule has 0 fully saturated rings. The molecule has 0 radical (unpaired) electrons. The van der Waals surface area contributed by atoms with Gasteiger partial charge < -0.3 is 10.1 Å². The molecule has 0 aromatic heterocycles. The molecule has 0 aliphatic heterocycles. The maximum atomic E-state index is 13.7. The molecule has 1 amide bonds. The fourth-order valence-electron chi connectivity index (χ4n) is 1.75. The van der Waals surface area contributed by atoms with Crippen LogP contribution in [-0.2, 0) is 0 Å². The maximum Gasteiger partial charge on any atom is 0.258 e. The molecule has 0 saturated carbocycles. The number of rotatable bonds is 3. The van der Waals surface area contributed by atoms with E-state index in [0.29, 0.717) is 15.9 Å². The number of aryl methyl sites for hydroxylation is 1. The first kappa shape index (κ1) is 14.5. The van der Waals surface area contributed by atoms with E-state index >= 15 is 0 Å². The average molecular weight is 338 g/mol. The fraction of sp³-hybridized carbons (Fsp3) is 0.133. The van der Waals surface area contributed by atoms with E-state index in [-0.39, 0.29) is 5.56 Å². The van der Waals surface area contributed by atoms with Crippen LogP contribution in [0.5, 0.6) is 5.75 Å². The Morgan fingerprint density at radius 1 is 1.25 bits per heavy atom. The van der Waals surface area contributed by atoms with Crippen LogP contribution in [0, 0.1) is 12.7 Å². The summed E-state index contributed by atoms with van der Waals surface area (Å²) in [6.07, 6.45) is 0. The van der Waals surface area contributed by atoms with E-state index in [0.717, 1.165) is 5.56 Å². The van der Waals surface area contributed by atoms with Gasteiger partial charge >= 0.3 is 0 Å². The number of nitrogens with one attached hydrogen (secondary N) is 1. The second-order valence-corrected chi connectivity index (χ2v) is 5.14. The van der Waals surface area contributed by atoms with E-state index in [1.165, 1.54) is 12.1 Å². The number of hydrogen-bond acceptors (Lipinski definition) is 2. The standard InChI is InChI=1S/C15H13BrFNO2/c1-9-3-5-11(13(17)7-9)15(19)18-10-4-6-14(20-2)12(16)8-10/h3-8H,1-2H3,(H,18,19). The van der Waals surface area contributed by atoms with Crippen LogP contribution in [0.2, 0.25) is 0 Å². The molecule has 0 bridgehead atoms. The van der Waals surface area contributed by atoms with Gasteiger partial charge in [-0.3, -0.25) is 4.79 Å². The van der Waals surface area contributed by atoms with Gasteiger partial charge in [0.05, 0.1) is 17.1 Å². The van der Waals surface area contributed by atoms with E-state index in [2.05, 4.69) is 21.2 Å². The number of halogens is 2. The summed E-state index contributed by atoms with van der Waals surface area (Å²) in [5, 5.41) is 2.65. The van der Waals surface area contributed by atoms with Crippen LogP contribution in [0.4, 0.5) is 10.1 Å². The monoisotopic (exact) mass is 337 g/mol. The largest absolute Gasteiger partial charge is 0.496 e. The van der Waals surface area contributed by atoms with E-state index in [1.54, 1.807) is 38.3 Å². The summed E-state index contributed by atoms with van der Waals surface area (Å²) in [5.41, 5.74) is 1.34. The van der Waals surface area contributed by atoms with Crippen molar-refractivity contribution in [2.45, 2.75) is 6.92 Å². The number of carbonyl (C=O) groups is 1. The molecule has 5 heteroatoms. The van der Waals surface area contributed by atoms with Crippen molar-refractivity contribution in [1.82, 2.24) is 0 Å². The number of methoxy groups -OCH3 is 1. The van der Waals surface area contributed by atoms with E-state index < -0.39 is 11.7 Å². The van der Waals surface area contributed by atoms with E-state index in [4.69, 9.17) is 4.74 Å². The van der Waals surface area contributed by atoms with Crippen LogP contribution >= 0.6 is 15.9 Å². The minimum Gasteiger partial charge on any atom is -0.496 e. The molecule has 20 heavy (non-hydrogen) atoms. The van der Waals surface area contributed by atoms with E-state index in [1.807, 2.05) is 0 Å². The molecule has 0 atom stereocenters. The van der Waals surface area contributed by atoms with Gasteiger partial charge in [0.2, 0.25) is 0 Å². The maximum absolute atomic E-state index is 13.7. The van der Waals surface area contributed by atoms with Gasteiger partial charge in [-0.25, -0.2) is 4.39 Å². The first-order valence-corrected chi connectivity index (χ1v) is 6.71. The normalized spacial score (nSPS) is 10.2. The summed E-state index contributed by atoms with van der Waals surface area (Å²) in [5.74, 6) is -0.362. The number of carbonyl (C=O) groups excluding carboxylic acids is 1. The quantitative estimate of drug-likeness (QED) is 0.913. The molecule has 0 unspecified atom stereocenters. The molecular weight excluding hydrogens is 325 g/mol. The number of anilines is 1. The Morgan fingerprint density at radius 2 is 2.00 bits per heavy atom. The minimum atomic E-state index is -0.532. The first-order chi connectivity index (χ1) is 9.51. The van der Waals surface area contributed by atoms with Gasteiger partial charge in [0, 0.05) is 5.69 Å². The lowest BCUT2D eigenvalue weighted by atomic mass is 10.1. The van der Waals surface area contributed by atoms with Crippen LogP contribution < -0.4 is 10.1 Å². The molecule has 0 aliphatic carbocycles. The summed E-state index contributed by atoms with van der Waals surface area (Å²) in [7, 11) is 1.56. The van der Waals surface area contributed by atoms with Crippen LogP contribution in [0.1, 0.15) is 15.9 Å². The minimum absolute atomic E-state index is 0.0162. The van der Waals surface area contributed by atoms with E-state index in [9.17, 15) is 9.18 Å². The Hall–Kier alpha value is -1.88. The van der Waals surface area contributed by atoms with Crippen molar-refractivity contribution < 1.29 is 13.9 Å². The highest BCUT2D eigenvalue weighted by atomic mass is 79.9. The van der Waals surface area contributed by atoms with Crippen molar-refractivity contribution in [3.05, 3.63) is 57.8 Å². The lowest BCUT2D eigenvalue weighted by molar-refractivity contribution is 0.102. The van der Waals surface area contributed by atoms with Gasteiger partial charge in [-0.2, -0.15) is 0 Å². The highest BCUT2D eigenvalue weighted by Crippen LogP contribution is 2.28. The number of amides is 1. The highest BCUT2D eigenvalue weighted by molar-refractivity contribution is 9.10. The predicted octanol–water partition coefficient (Wildman–Crippen LogP) is 4.16. The topological polar surface area (TPSA) is 38.3 Å². The van der Waals surface area contributed by atoms with Crippen LogP contribution in [0.3, 0.4) is 0 Å². The molecule has 1 N–H and O–H groups in total. The van der Waals surface area contributed by atoms with Gasteiger partial charge in [0.15, 0.2) is 0 Å². The van der Waals surface area contributed by atoms with Gasteiger partial charge in [-0.05, 0) is 58.7 Å². The second-order valence-electron chi connectivity index (χ2n) is 4.29. The summed E-state index contributed by atoms with van der Waals surface area (Å²) in [6, 6.07) is 9.60. The number of ether oxygens (including phenoxy) is 1. The average Bonchev–Trinajstić information content (AvgIpc) is 2.38. The number of hydrogen-bond donors (Lipinski definition) is 1. The van der Waals surface area contributed by atoms with Crippen molar-refractivity contribution >= 4 is 27.5 Å². The lowest BCUT2D eigenvalue weighted by Crippen LogP contribution is -2.13. The molecule has 2 rings (SSSR count). The Bertz CT molecular complexity index is 658. The third-order valence-corrected chi connectivity index (χ3v) is 3.40. The Morgan fingerprint density at radius 3 is 2.60 bits per heavy atom. The zero-order valence-corrected chi connectivity index (χ0v) is 12.6. The van der Waals surface area contributed by atoms with Crippen LogP contribution in [0.25, 0.3) is 0 Å². The first-order valence-electron chi connectivity index (χ1n) is 5.92. The molecule has 0 aliphatic rings. The second kappa shape index (κ2) is 6.05. The molecule has 3 nitrogen and oxygen atoms in total. The molecule has 0 heterocycles. The van der Waals surface area contributed by atoms with Gasteiger partial charge in [-0.1, -0.05) is 6.07 Å². The van der Waals surface area contributed by atoms with Crippen molar-refractivity contribution in [2.75, 3.05) is 12.4 Å². The zero-order valence-electron chi connectivity index (χ0n) is 11.0. The Balaban J connectivity index is 2.21. The molecule has 2 aromatic carbocycles. The van der Waals surface area contributed by atoms with Gasteiger partial charge in [-0.15, -0.1) is 0 Å². The summed E-state index contributed by atoms with van der Waals surface area (Å²) < 4.78 is 19.5. The van der Waals surface area contributed by atoms with Gasteiger partial charge in [0.25, 0.3) is 5.91 Å². The zero-order chi connectivity index (χ0) is 14.7. The van der Waals surface area contributed by atoms with Crippen molar-refractivity contribution in [3.63, 3.8) is 0 Å². The van der Waals surface area contributed by atoms with Crippen LogP contribution in [0.15, 0.2) is 40.9 Å². The summed E-state index contributed by atoms with van der Waals surface area (Å²) in [4.78, 5) is 12.0. The molecule has 2 aromatic rings. The Labute approximate surface area is 124 Å². The third kappa shape index (κ3) is 3.17. The molecule has 0 spiro atoms. The summed E-state index contributed by atoms with van der Waals surface area (Å²) >= 11 is 3.33. The fourth-order valence-corrected chi connectivity index (χ4v) is 2.29. The Kier molecular flexibility index (Phi) is 4.39. The molecular formula is C15H13BrFNO2. The van der Waals surface area contributed by atoms with Gasteiger partial charge in [0.1, 0.15) is 11.6 Å². The molecule has 104 valence electrons. The van der Waals surface area contributed by atoms with Crippen molar-refractivity contribution in [2.24, 2.45) is 0 Å². The predicted molar refractivity (Wildman–Crippen MR) is 79.8 cm³/mol. The van der Waals surface area contributed by atoms with Crippen molar-refractivity contribution in [1.29, 1.82) is 0 Å². The smallest absolute Gasteiger partial charge is 0.258 e. The highest BCUT2D eigenvalue weighted by Gasteiger charge is 2.12. The third-order valence-electron chi connectivity index (χ3n) is 2.78. The SMILES string of the molecule is COc1ccc(NC(=O)c2ccc(C)cc2F)cc1Br. The number of benzene rings is 2. The summed E-state index contributed by atoms with van der Waals surface area (Å²) in [6.45, 7) is 1.77. The van der Waals surface area contributed by atoms with Crippen LogP contribution in [-0.4, -0.2) is 13.0 Å². The molecule has 0 saturated heterocycles. The lowest BCUT2D eigenvalue weighted by Gasteiger charge is -2.09. The van der Waals surface area contributed by atoms with Crippen molar-refractivity contribution in [3.8, 4) is 5.75 Å².